The first kappa shape index (κ1) is 30.9. The van der Waals surface area contributed by atoms with Crippen molar-refractivity contribution < 1.29 is 40.7 Å². The summed E-state index contributed by atoms with van der Waals surface area (Å²) in [5, 5.41) is 9.30. The van der Waals surface area contributed by atoms with E-state index in [9.17, 15) is 40.7 Å². The Kier molecular flexibility index (Phi) is 9.79. The number of hydrogen-bond donors (Lipinski definition) is 2. The van der Waals surface area contributed by atoms with Crippen molar-refractivity contribution in [1.29, 1.82) is 0 Å². The predicted molar refractivity (Wildman–Crippen MR) is 128 cm³/mol. The van der Waals surface area contributed by atoms with Crippen molar-refractivity contribution in [2.75, 3.05) is 6.54 Å². The highest BCUT2D eigenvalue weighted by molar-refractivity contribution is 5.81. The SMILES string of the molecule is CC(C)C[C@H](CC(N)=O)CC(=O)N[C@@H](CC(=O)N1CCn2c(nnc2C(F)(F)F)C1)Cc1cc(F)c(F)cc1F. The number of benzene rings is 1. The average Bonchev–Trinajstić information content (AvgIpc) is 3.25. The lowest BCUT2D eigenvalue weighted by Crippen LogP contribution is -2.45. The Bertz CT molecular complexity index is 1250. The molecular weight excluding hydrogens is 546 g/mol. The zero-order valence-corrected chi connectivity index (χ0v) is 21.9. The lowest BCUT2D eigenvalue weighted by molar-refractivity contribution is -0.148. The van der Waals surface area contributed by atoms with Crippen molar-refractivity contribution in [2.45, 2.75) is 71.3 Å². The van der Waals surface area contributed by atoms with Crippen LogP contribution in [-0.2, 0) is 40.1 Å². The Balaban J connectivity index is 1.77. The Hall–Kier alpha value is -3.65. The van der Waals surface area contributed by atoms with E-state index in [2.05, 4.69) is 15.5 Å². The normalized spacial score (nSPS) is 15.1. The van der Waals surface area contributed by atoms with Gasteiger partial charge >= 0.3 is 6.18 Å². The maximum absolute atomic E-state index is 14.4. The number of rotatable bonds is 11. The molecule has 3 amide bonds. The van der Waals surface area contributed by atoms with Gasteiger partial charge in [-0.15, -0.1) is 10.2 Å². The molecule has 9 nitrogen and oxygen atoms in total. The summed E-state index contributed by atoms with van der Waals surface area (Å²) >= 11 is 0. The summed E-state index contributed by atoms with van der Waals surface area (Å²) in [4.78, 5) is 38.7. The molecule has 3 N–H and O–H groups in total. The third-order valence-corrected chi connectivity index (χ3v) is 6.47. The molecule has 1 aliphatic rings. The molecule has 0 saturated heterocycles. The van der Waals surface area contributed by atoms with Gasteiger partial charge in [0.1, 0.15) is 5.82 Å². The summed E-state index contributed by atoms with van der Waals surface area (Å²) < 4.78 is 81.9. The minimum atomic E-state index is -4.72. The second kappa shape index (κ2) is 12.7. The molecule has 0 saturated carbocycles. The average molecular weight is 577 g/mol. The molecular formula is C25H30F6N6O3. The second-order valence-corrected chi connectivity index (χ2v) is 10.3. The molecule has 0 spiro atoms. The van der Waals surface area contributed by atoms with Crippen LogP contribution in [0.4, 0.5) is 26.3 Å². The van der Waals surface area contributed by atoms with Gasteiger partial charge in [0.25, 0.3) is 0 Å². The lowest BCUT2D eigenvalue weighted by Gasteiger charge is -2.30. The minimum absolute atomic E-state index is 0.0542. The Labute approximate surface area is 226 Å². The van der Waals surface area contributed by atoms with Gasteiger partial charge in [-0.25, -0.2) is 13.2 Å². The Morgan fingerprint density at radius 3 is 2.30 bits per heavy atom. The Morgan fingerprint density at radius 2 is 1.68 bits per heavy atom. The zero-order chi connectivity index (χ0) is 29.8. The van der Waals surface area contributed by atoms with Gasteiger partial charge in [0.2, 0.25) is 23.5 Å². The van der Waals surface area contributed by atoms with E-state index in [-0.39, 0.29) is 56.2 Å². The van der Waals surface area contributed by atoms with Gasteiger partial charge in [-0.3, -0.25) is 14.4 Å². The molecule has 220 valence electrons. The first-order valence-electron chi connectivity index (χ1n) is 12.6. The quantitative estimate of drug-likeness (QED) is 0.315. The highest BCUT2D eigenvalue weighted by atomic mass is 19.4. The maximum Gasteiger partial charge on any atom is 0.451 e. The van der Waals surface area contributed by atoms with Crippen LogP contribution >= 0.6 is 0 Å². The fraction of sp³-hybridized carbons (Fsp3) is 0.560. The molecule has 3 rings (SSSR count). The van der Waals surface area contributed by atoms with Gasteiger partial charge in [-0.2, -0.15) is 13.2 Å². The van der Waals surface area contributed by atoms with Crippen molar-refractivity contribution in [3.05, 3.63) is 46.8 Å². The lowest BCUT2D eigenvalue weighted by atomic mass is 9.90. The number of nitrogens with two attached hydrogens (primary N) is 1. The second-order valence-electron chi connectivity index (χ2n) is 10.3. The van der Waals surface area contributed by atoms with Gasteiger partial charge in [0, 0.05) is 44.5 Å². The van der Waals surface area contributed by atoms with Crippen molar-refractivity contribution in [3.8, 4) is 0 Å². The van der Waals surface area contributed by atoms with E-state index in [4.69, 9.17) is 5.73 Å². The molecule has 0 fully saturated rings. The highest BCUT2D eigenvalue weighted by Crippen LogP contribution is 2.29. The smallest absolute Gasteiger partial charge is 0.370 e. The number of hydrogen-bond acceptors (Lipinski definition) is 5. The largest absolute Gasteiger partial charge is 0.451 e. The van der Waals surface area contributed by atoms with Gasteiger partial charge in [-0.1, -0.05) is 13.8 Å². The number of nitrogens with zero attached hydrogens (tertiary/aromatic N) is 4. The number of aromatic nitrogens is 3. The molecule has 0 aliphatic carbocycles. The van der Waals surface area contributed by atoms with Crippen molar-refractivity contribution in [1.82, 2.24) is 25.0 Å². The standard InChI is InChI=1S/C25H30F6N6O3/c1-13(2)5-14(6-20(32)38)7-22(39)33-16(8-15-9-18(27)19(28)11-17(15)26)10-23(40)36-3-4-37-21(12-36)34-35-24(37)25(29,30)31/h9,11,13-14,16H,3-8,10,12H2,1-2H3,(H2,32,38)(H,33,39)/t14-,16-/m1/s1. The minimum Gasteiger partial charge on any atom is -0.370 e. The van der Waals surface area contributed by atoms with E-state index >= 15 is 0 Å². The maximum atomic E-state index is 14.4. The van der Waals surface area contributed by atoms with E-state index in [0.29, 0.717) is 18.6 Å². The highest BCUT2D eigenvalue weighted by Gasteiger charge is 2.40. The number of halogens is 6. The molecule has 1 aromatic carbocycles. The first-order chi connectivity index (χ1) is 18.6. The summed E-state index contributed by atoms with van der Waals surface area (Å²) in [7, 11) is 0. The summed E-state index contributed by atoms with van der Waals surface area (Å²) in [6, 6.07) is -0.101. The van der Waals surface area contributed by atoms with Crippen LogP contribution in [-0.4, -0.2) is 50.0 Å². The van der Waals surface area contributed by atoms with Crippen molar-refractivity contribution in [2.24, 2.45) is 17.6 Å². The third kappa shape index (κ3) is 8.18. The van der Waals surface area contributed by atoms with E-state index in [1.165, 1.54) is 4.90 Å². The first-order valence-corrected chi connectivity index (χ1v) is 12.6. The number of nitrogens with one attached hydrogen (secondary N) is 1. The summed E-state index contributed by atoms with van der Waals surface area (Å²) in [5.74, 6) is -7.08. The van der Waals surface area contributed by atoms with Crippen LogP contribution in [0.2, 0.25) is 0 Å². The van der Waals surface area contributed by atoms with Crippen molar-refractivity contribution >= 4 is 17.7 Å². The molecule has 2 aromatic rings. The van der Waals surface area contributed by atoms with Gasteiger partial charge in [-0.05, 0) is 36.3 Å². The fourth-order valence-corrected chi connectivity index (χ4v) is 4.82. The van der Waals surface area contributed by atoms with Crippen LogP contribution in [0.15, 0.2) is 12.1 Å². The third-order valence-electron chi connectivity index (χ3n) is 6.47. The molecule has 1 aliphatic heterocycles. The summed E-state index contributed by atoms with van der Waals surface area (Å²) in [6.07, 6.45) is -5.20. The number of alkyl halides is 3. The molecule has 0 bridgehead atoms. The van der Waals surface area contributed by atoms with Gasteiger partial charge < -0.3 is 20.5 Å². The van der Waals surface area contributed by atoms with E-state index in [0.717, 1.165) is 4.57 Å². The van der Waals surface area contributed by atoms with Crippen molar-refractivity contribution in [3.63, 3.8) is 0 Å². The molecule has 1 aromatic heterocycles. The predicted octanol–water partition coefficient (Wildman–Crippen LogP) is 3.10. The number of amides is 3. The topological polar surface area (TPSA) is 123 Å². The number of primary amides is 1. The summed E-state index contributed by atoms with van der Waals surface area (Å²) in [6.45, 7) is 3.19. The van der Waals surface area contributed by atoms with Gasteiger partial charge in [0.15, 0.2) is 17.5 Å². The summed E-state index contributed by atoms with van der Waals surface area (Å²) in [5.41, 5.74) is 5.01. The zero-order valence-electron chi connectivity index (χ0n) is 21.9. The number of fused-ring (bicyclic) bond motifs is 1. The van der Waals surface area contributed by atoms with E-state index in [1.54, 1.807) is 0 Å². The fourth-order valence-electron chi connectivity index (χ4n) is 4.82. The number of carbonyl (C=O) groups is 3. The van der Waals surface area contributed by atoms with Crippen LogP contribution in [0.25, 0.3) is 0 Å². The van der Waals surface area contributed by atoms with Crippen LogP contribution in [0, 0.1) is 29.3 Å². The van der Waals surface area contributed by atoms with Crippen LogP contribution < -0.4 is 11.1 Å². The number of carbonyl (C=O) groups excluding carboxylic acids is 3. The van der Waals surface area contributed by atoms with Crippen LogP contribution in [0.5, 0.6) is 0 Å². The molecule has 2 atom stereocenters. The molecule has 2 heterocycles. The van der Waals surface area contributed by atoms with E-state index in [1.807, 2.05) is 13.8 Å². The van der Waals surface area contributed by atoms with E-state index < -0.39 is 65.6 Å². The Morgan fingerprint density at radius 1 is 1.00 bits per heavy atom. The molecule has 40 heavy (non-hydrogen) atoms. The van der Waals surface area contributed by atoms with Crippen LogP contribution in [0.1, 0.15) is 56.7 Å². The van der Waals surface area contributed by atoms with Crippen LogP contribution in [0.3, 0.4) is 0 Å². The van der Waals surface area contributed by atoms with Gasteiger partial charge in [0.05, 0.1) is 6.54 Å². The molecule has 0 radical (unpaired) electrons. The monoisotopic (exact) mass is 576 g/mol. The molecule has 15 heteroatoms. The molecule has 0 unspecified atom stereocenters.